The van der Waals surface area contributed by atoms with Crippen molar-refractivity contribution >= 4 is 29.1 Å². The number of guanidine groups is 1. The van der Waals surface area contributed by atoms with Crippen molar-refractivity contribution < 1.29 is 9.59 Å². The number of rotatable bonds is 4. The number of nitrogens with zero attached hydrogens (tertiary/aromatic N) is 2. The van der Waals surface area contributed by atoms with Crippen molar-refractivity contribution in [1.29, 1.82) is 0 Å². The van der Waals surface area contributed by atoms with E-state index < -0.39 is 0 Å². The molecule has 0 saturated carbocycles. The highest BCUT2D eigenvalue weighted by molar-refractivity contribution is 5.99. The number of aliphatic imine (C=N–C) groups is 1. The Bertz CT molecular complexity index is 1390. The summed E-state index contributed by atoms with van der Waals surface area (Å²) in [5, 5.41) is 9.35. The number of likely N-dealkylation sites (N-methyl/N-ethyl adjacent to an activating group) is 1. The van der Waals surface area contributed by atoms with Gasteiger partial charge < -0.3 is 20.9 Å². The maximum absolute atomic E-state index is 12.7. The number of nitrogens with one attached hydrogen (secondary N) is 3. The number of carbonyl (C=O) groups excluding carboxylic acids is 2. The molecule has 3 N–H and O–H groups in total. The lowest BCUT2D eigenvalue weighted by molar-refractivity contribution is -0.115. The molecule has 1 unspecified atom stereocenters. The van der Waals surface area contributed by atoms with E-state index in [4.69, 9.17) is 0 Å². The van der Waals surface area contributed by atoms with Gasteiger partial charge in [-0.2, -0.15) is 0 Å². The van der Waals surface area contributed by atoms with Gasteiger partial charge in [-0.25, -0.2) is 4.99 Å². The molecular weight excluding hydrogens is 450 g/mol. The van der Waals surface area contributed by atoms with Crippen LogP contribution in [-0.2, 0) is 11.3 Å². The maximum atomic E-state index is 12.7. The molecule has 182 valence electrons. The van der Waals surface area contributed by atoms with Gasteiger partial charge in [0.25, 0.3) is 5.91 Å². The summed E-state index contributed by atoms with van der Waals surface area (Å²) in [5.41, 5.74) is 7.69. The number of amides is 2. The Morgan fingerprint density at radius 2 is 1.86 bits per heavy atom. The second-order valence-electron chi connectivity index (χ2n) is 9.30. The van der Waals surface area contributed by atoms with Crippen LogP contribution in [0.1, 0.15) is 45.1 Å². The third-order valence-corrected chi connectivity index (χ3v) is 6.66. The second-order valence-corrected chi connectivity index (χ2v) is 9.30. The van der Waals surface area contributed by atoms with Crippen molar-refractivity contribution in [3.05, 3.63) is 106 Å². The van der Waals surface area contributed by atoms with Gasteiger partial charge in [0, 0.05) is 42.3 Å². The minimum absolute atomic E-state index is 0.0392. The molecule has 2 amide bonds. The van der Waals surface area contributed by atoms with Gasteiger partial charge in [0.05, 0.1) is 12.5 Å². The standard InChI is InChI=1S/C29H29N5O2/c1-18-8-9-21(19(2)14-18)16-30-28(36)20-10-12-23(13-11-20)32-29-31-17-22-15-26(35)33-25-7-5-4-6-24(25)27(22)34(29)3/h4-14,17,27H,15-16H2,1-3H3,(H,30,36)(H,31,32)(H,33,35). The molecule has 5 rings (SSSR count). The molecule has 2 heterocycles. The summed E-state index contributed by atoms with van der Waals surface area (Å²) in [6, 6.07) is 21.3. The second kappa shape index (κ2) is 9.70. The van der Waals surface area contributed by atoms with Gasteiger partial charge in [-0.15, -0.1) is 0 Å². The fourth-order valence-corrected chi connectivity index (χ4v) is 4.73. The average molecular weight is 480 g/mol. The summed E-state index contributed by atoms with van der Waals surface area (Å²) in [7, 11) is 1.96. The first-order chi connectivity index (χ1) is 17.4. The average Bonchev–Trinajstić information content (AvgIpc) is 3.01. The lowest BCUT2D eigenvalue weighted by atomic mass is 9.95. The van der Waals surface area contributed by atoms with E-state index >= 15 is 0 Å². The van der Waals surface area contributed by atoms with Crippen LogP contribution in [-0.4, -0.2) is 29.7 Å². The maximum Gasteiger partial charge on any atom is 0.251 e. The molecule has 3 aromatic rings. The van der Waals surface area contributed by atoms with Crippen LogP contribution in [0.5, 0.6) is 0 Å². The SMILES string of the molecule is Cc1ccc(CNC(=O)c2ccc(NC3=NC=C4CC(=O)Nc5ccccc5C4N3C)cc2)c(C)c1. The zero-order chi connectivity index (χ0) is 25.2. The fourth-order valence-electron chi connectivity index (χ4n) is 4.73. The molecule has 3 aromatic carbocycles. The summed E-state index contributed by atoms with van der Waals surface area (Å²) >= 11 is 0. The van der Waals surface area contributed by atoms with Crippen molar-refractivity contribution in [2.24, 2.45) is 4.99 Å². The predicted molar refractivity (Wildman–Crippen MR) is 143 cm³/mol. The number of aryl methyl sites for hydroxylation is 2. The smallest absolute Gasteiger partial charge is 0.251 e. The Balaban J connectivity index is 1.28. The Morgan fingerprint density at radius 3 is 2.64 bits per heavy atom. The van der Waals surface area contributed by atoms with Gasteiger partial charge >= 0.3 is 0 Å². The Labute approximate surface area is 210 Å². The number of hydrogen-bond donors (Lipinski definition) is 3. The summed E-state index contributed by atoms with van der Waals surface area (Å²) in [4.78, 5) is 31.7. The summed E-state index contributed by atoms with van der Waals surface area (Å²) in [5.74, 6) is 0.510. The van der Waals surface area contributed by atoms with E-state index in [1.807, 2.05) is 48.3 Å². The Morgan fingerprint density at radius 1 is 1.08 bits per heavy atom. The number of para-hydroxylation sites is 1. The van der Waals surface area contributed by atoms with E-state index in [1.54, 1.807) is 18.3 Å². The van der Waals surface area contributed by atoms with E-state index in [-0.39, 0.29) is 17.9 Å². The molecule has 7 heteroatoms. The van der Waals surface area contributed by atoms with Gasteiger partial charge in [0.15, 0.2) is 0 Å². The number of benzene rings is 3. The van der Waals surface area contributed by atoms with Crippen LogP contribution in [0.4, 0.5) is 11.4 Å². The first kappa shape index (κ1) is 23.4. The summed E-state index contributed by atoms with van der Waals surface area (Å²) < 4.78 is 0. The van der Waals surface area contributed by atoms with Crippen molar-refractivity contribution in [3.8, 4) is 0 Å². The van der Waals surface area contributed by atoms with Crippen molar-refractivity contribution in [2.75, 3.05) is 17.7 Å². The molecule has 0 fully saturated rings. The van der Waals surface area contributed by atoms with Crippen LogP contribution in [0.2, 0.25) is 0 Å². The Kier molecular flexibility index (Phi) is 6.29. The van der Waals surface area contributed by atoms with Gasteiger partial charge in [-0.1, -0.05) is 42.0 Å². The van der Waals surface area contributed by atoms with Crippen LogP contribution in [0.15, 0.2) is 83.5 Å². The molecule has 0 saturated heterocycles. The molecule has 2 aliphatic rings. The number of carbonyl (C=O) groups is 2. The monoisotopic (exact) mass is 479 g/mol. The summed E-state index contributed by atoms with van der Waals surface area (Å²) in [6.07, 6.45) is 2.08. The molecule has 36 heavy (non-hydrogen) atoms. The van der Waals surface area contributed by atoms with Crippen LogP contribution >= 0.6 is 0 Å². The predicted octanol–water partition coefficient (Wildman–Crippen LogP) is 4.91. The van der Waals surface area contributed by atoms with Gasteiger partial charge in [0.2, 0.25) is 11.9 Å². The lowest BCUT2D eigenvalue weighted by Gasteiger charge is -2.35. The molecule has 1 atom stereocenters. The van der Waals surface area contributed by atoms with Gasteiger partial charge in [-0.05, 0) is 60.9 Å². The minimum Gasteiger partial charge on any atom is -0.348 e. The molecule has 7 nitrogen and oxygen atoms in total. The van der Waals surface area contributed by atoms with Crippen molar-refractivity contribution in [1.82, 2.24) is 10.2 Å². The molecule has 2 aliphatic heterocycles. The van der Waals surface area contributed by atoms with E-state index in [2.05, 4.69) is 53.0 Å². The number of hydrogen-bond acceptors (Lipinski definition) is 5. The Hall–Kier alpha value is -4.39. The van der Waals surface area contributed by atoms with Crippen molar-refractivity contribution in [3.63, 3.8) is 0 Å². The minimum atomic E-state index is -0.117. The van der Waals surface area contributed by atoms with Crippen LogP contribution in [0, 0.1) is 13.8 Å². The molecule has 0 bridgehead atoms. The third-order valence-electron chi connectivity index (χ3n) is 6.66. The summed E-state index contributed by atoms with van der Waals surface area (Å²) in [6.45, 7) is 4.60. The first-order valence-corrected chi connectivity index (χ1v) is 12.0. The molecule has 0 spiro atoms. The highest BCUT2D eigenvalue weighted by atomic mass is 16.2. The molecule has 0 radical (unpaired) electrons. The zero-order valence-corrected chi connectivity index (χ0v) is 20.6. The fraction of sp³-hybridized carbons (Fsp3) is 0.207. The molecular formula is C29H29N5O2. The first-order valence-electron chi connectivity index (χ1n) is 12.0. The highest BCUT2D eigenvalue weighted by Crippen LogP contribution is 2.39. The number of fused-ring (bicyclic) bond motifs is 3. The molecule has 0 aromatic heterocycles. The van der Waals surface area contributed by atoms with Crippen LogP contribution in [0.25, 0.3) is 0 Å². The quantitative estimate of drug-likeness (QED) is 0.496. The normalized spacial score (nSPS) is 16.6. The third kappa shape index (κ3) is 4.73. The largest absolute Gasteiger partial charge is 0.348 e. The van der Waals surface area contributed by atoms with E-state index in [0.29, 0.717) is 24.5 Å². The van der Waals surface area contributed by atoms with E-state index in [0.717, 1.165) is 28.1 Å². The molecule has 0 aliphatic carbocycles. The zero-order valence-electron chi connectivity index (χ0n) is 20.6. The lowest BCUT2D eigenvalue weighted by Crippen LogP contribution is -2.39. The van der Waals surface area contributed by atoms with Crippen LogP contribution < -0.4 is 16.0 Å². The van der Waals surface area contributed by atoms with Gasteiger partial charge in [-0.3, -0.25) is 9.59 Å². The highest BCUT2D eigenvalue weighted by Gasteiger charge is 2.32. The topological polar surface area (TPSA) is 85.8 Å². The van der Waals surface area contributed by atoms with E-state index in [1.165, 1.54) is 11.1 Å². The van der Waals surface area contributed by atoms with Crippen LogP contribution in [0.3, 0.4) is 0 Å². The van der Waals surface area contributed by atoms with E-state index in [9.17, 15) is 9.59 Å². The number of anilines is 2. The van der Waals surface area contributed by atoms with Crippen molar-refractivity contribution in [2.45, 2.75) is 32.9 Å². The van der Waals surface area contributed by atoms with Gasteiger partial charge in [0.1, 0.15) is 0 Å².